The van der Waals surface area contributed by atoms with Crippen LogP contribution in [-0.2, 0) is 13.0 Å². The van der Waals surface area contributed by atoms with E-state index in [1.807, 2.05) is 36.9 Å². The first-order valence-corrected chi connectivity index (χ1v) is 5.81. The number of pyridine rings is 1. The summed E-state index contributed by atoms with van der Waals surface area (Å²) in [5, 5.41) is 14.3. The second-order valence-corrected chi connectivity index (χ2v) is 4.15. The summed E-state index contributed by atoms with van der Waals surface area (Å²) in [5.41, 5.74) is 2.88. The van der Waals surface area contributed by atoms with Crippen molar-refractivity contribution in [3.63, 3.8) is 0 Å². The molecule has 0 aliphatic heterocycles. The molecule has 0 spiro atoms. The lowest BCUT2D eigenvalue weighted by Crippen LogP contribution is -2.02. The largest absolute Gasteiger partial charge is 0.388 e. The summed E-state index contributed by atoms with van der Waals surface area (Å²) in [6.07, 6.45) is 5.59. The quantitative estimate of drug-likeness (QED) is 0.874. The molecule has 90 valence electrons. The van der Waals surface area contributed by atoms with Crippen molar-refractivity contribution >= 4 is 0 Å². The van der Waals surface area contributed by atoms with Crippen molar-refractivity contribution in [3.05, 3.63) is 47.5 Å². The van der Waals surface area contributed by atoms with E-state index in [4.69, 9.17) is 0 Å². The molecule has 2 aromatic rings. The summed E-state index contributed by atoms with van der Waals surface area (Å²) >= 11 is 0. The molecule has 1 N–H and O–H groups in total. The third-order valence-electron chi connectivity index (χ3n) is 2.75. The van der Waals surface area contributed by atoms with Crippen molar-refractivity contribution in [3.8, 4) is 0 Å². The second-order valence-electron chi connectivity index (χ2n) is 4.15. The van der Waals surface area contributed by atoms with Crippen LogP contribution in [0.25, 0.3) is 0 Å². The third kappa shape index (κ3) is 2.91. The lowest BCUT2D eigenvalue weighted by Gasteiger charge is -2.09. The highest BCUT2D eigenvalue weighted by Crippen LogP contribution is 2.18. The Morgan fingerprint density at radius 2 is 2.29 bits per heavy atom. The van der Waals surface area contributed by atoms with Gasteiger partial charge in [0.1, 0.15) is 0 Å². The predicted octanol–water partition coefficient (Wildman–Crippen LogP) is 1.88. The van der Waals surface area contributed by atoms with Crippen LogP contribution in [0.3, 0.4) is 0 Å². The van der Waals surface area contributed by atoms with Gasteiger partial charge < -0.3 is 5.11 Å². The van der Waals surface area contributed by atoms with Gasteiger partial charge >= 0.3 is 0 Å². The number of aromatic nitrogens is 3. The summed E-state index contributed by atoms with van der Waals surface area (Å²) in [6.45, 7) is 4.81. The van der Waals surface area contributed by atoms with Crippen molar-refractivity contribution < 1.29 is 5.11 Å². The van der Waals surface area contributed by atoms with E-state index in [-0.39, 0.29) is 0 Å². The third-order valence-corrected chi connectivity index (χ3v) is 2.75. The van der Waals surface area contributed by atoms with E-state index >= 15 is 0 Å². The zero-order valence-corrected chi connectivity index (χ0v) is 10.2. The zero-order valence-electron chi connectivity index (χ0n) is 10.2. The van der Waals surface area contributed by atoms with Crippen LogP contribution in [-0.4, -0.2) is 19.9 Å². The fourth-order valence-electron chi connectivity index (χ4n) is 1.80. The monoisotopic (exact) mass is 231 g/mol. The molecule has 0 fully saturated rings. The van der Waals surface area contributed by atoms with Crippen LogP contribution in [0, 0.1) is 6.92 Å². The molecular weight excluding hydrogens is 214 g/mol. The van der Waals surface area contributed by atoms with Gasteiger partial charge in [-0.15, -0.1) is 0 Å². The molecule has 4 nitrogen and oxygen atoms in total. The Hall–Kier alpha value is -1.68. The van der Waals surface area contributed by atoms with Gasteiger partial charge in [-0.3, -0.25) is 9.67 Å². The van der Waals surface area contributed by atoms with Crippen molar-refractivity contribution in [1.29, 1.82) is 0 Å². The molecule has 0 aliphatic carbocycles. The van der Waals surface area contributed by atoms with Crippen LogP contribution in [0.2, 0.25) is 0 Å². The fraction of sp³-hybridized carbons (Fsp3) is 0.385. The molecule has 1 atom stereocenters. The first-order valence-electron chi connectivity index (χ1n) is 5.81. The smallest absolute Gasteiger partial charge is 0.0832 e. The van der Waals surface area contributed by atoms with Gasteiger partial charge in [-0.1, -0.05) is 0 Å². The van der Waals surface area contributed by atoms with Gasteiger partial charge in [0.05, 0.1) is 12.3 Å². The van der Waals surface area contributed by atoms with Crippen LogP contribution in [0.4, 0.5) is 0 Å². The molecule has 2 aromatic heterocycles. The Labute approximate surface area is 101 Å². The molecule has 17 heavy (non-hydrogen) atoms. The maximum Gasteiger partial charge on any atom is 0.0832 e. The molecule has 0 amide bonds. The summed E-state index contributed by atoms with van der Waals surface area (Å²) in [7, 11) is 0. The number of aliphatic hydroxyl groups is 1. The molecule has 0 saturated heterocycles. The SMILES string of the molecule is CCn1cc(CC(O)c2ccnc(C)c2)cn1. The molecule has 0 aromatic carbocycles. The minimum absolute atomic E-state index is 0.494. The topological polar surface area (TPSA) is 50.9 Å². The highest BCUT2D eigenvalue weighted by atomic mass is 16.3. The molecule has 2 rings (SSSR count). The standard InChI is InChI=1S/C13H17N3O/c1-3-16-9-11(8-15-16)7-13(17)12-4-5-14-10(2)6-12/h4-6,8-9,13,17H,3,7H2,1-2H3. The van der Waals surface area contributed by atoms with Crippen LogP contribution in [0.5, 0.6) is 0 Å². The van der Waals surface area contributed by atoms with E-state index in [0.29, 0.717) is 6.42 Å². The van der Waals surface area contributed by atoms with E-state index in [2.05, 4.69) is 10.1 Å². The Kier molecular flexibility index (Phi) is 3.54. The van der Waals surface area contributed by atoms with Crippen LogP contribution < -0.4 is 0 Å². The maximum atomic E-state index is 10.1. The van der Waals surface area contributed by atoms with E-state index in [1.54, 1.807) is 12.4 Å². The highest BCUT2D eigenvalue weighted by Gasteiger charge is 2.10. The first-order chi connectivity index (χ1) is 8.19. The Morgan fingerprint density at radius 1 is 1.47 bits per heavy atom. The summed E-state index contributed by atoms with van der Waals surface area (Å²) < 4.78 is 1.86. The fourth-order valence-corrected chi connectivity index (χ4v) is 1.80. The van der Waals surface area contributed by atoms with Crippen LogP contribution >= 0.6 is 0 Å². The van der Waals surface area contributed by atoms with E-state index < -0.39 is 6.10 Å². The summed E-state index contributed by atoms with van der Waals surface area (Å²) in [6, 6.07) is 3.76. The molecule has 0 radical (unpaired) electrons. The molecule has 0 bridgehead atoms. The zero-order chi connectivity index (χ0) is 12.3. The van der Waals surface area contributed by atoms with Crippen molar-refractivity contribution in [2.75, 3.05) is 0 Å². The van der Waals surface area contributed by atoms with Gasteiger partial charge in [0.2, 0.25) is 0 Å². The molecule has 1 unspecified atom stereocenters. The number of aliphatic hydroxyl groups excluding tert-OH is 1. The maximum absolute atomic E-state index is 10.1. The average molecular weight is 231 g/mol. The van der Waals surface area contributed by atoms with E-state index in [9.17, 15) is 5.11 Å². The predicted molar refractivity (Wildman–Crippen MR) is 65.5 cm³/mol. The number of hydrogen-bond acceptors (Lipinski definition) is 3. The van der Waals surface area contributed by atoms with Gasteiger partial charge in [0, 0.05) is 31.1 Å². The Morgan fingerprint density at radius 3 is 2.94 bits per heavy atom. The number of nitrogens with zero attached hydrogens (tertiary/aromatic N) is 3. The lowest BCUT2D eigenvalue weighted by atomic mass is 10.0. The van der Waals surface area contributed by atoms with Crippen molar-refractivity contribution in [1.82, 2.24) is 14.8 Å². The van der Waals surface area contributed by atoms with E-state index in [0.717, 1.165) is 23.4 Å². The normalized spacial score (nSPS) is 12.6. The van der Waals surface area contributed by atoms with Crippen molar-refractivity contribution in [2.45, 2.75) is 32.9 Å². The molecule has 0 saturated carbocycles. The summed E-state index contributed by atoms with van der Waals surface area (Å²) in [5.74, 6) is 0. The average Bonchev–Trinajstić information content (AvgIpc) is 2.77. The van der Waals surface area contributed by atoms with Crippen LogP contribution in [0.15, 0.2) is 30.7 Å². The highest BCUT2D eigenvalue weighted by molar-refractivity contribution is 5.20. The molecular formula is C13H17N3O. The minimum Gasteiger partial charge on any atom is -0.388 e. The van der Waals surface area contributed by atoms with E-state index in [1.165, 1.54) is 0 Å². The Bertz CT molecular complexity index is 493. The van der Waals surface area contributed by atoms with Crippen LogP contribution in [0.1, 0.15) is 29.8 Å². The van der Waals surface area contributed by atoms with Gasteiger partial charge in [0.15, 0.2) is 0 Å². The Balaban J connectivity index is 2.08. The number of hydrogen-bond donors (Lipinski definition) is 1. The minimum atomic E-state index is -0.494. The number of rotatable bonds is 4. The van der Waals surface area contributed by atoms with Gasteiger partial charge in [0.25, 0.3) is 0 Å². The summed E-state index contributed by atoms with van der Waals surface area (Å²) in [4.78, 5) is 4.12. The molecule has 0 aliphatic rings. The van der Waals surface area contributed by atoms with Gasteiger partial charge in [-0.2, -0.15) is 5.10 Å². The van der Waals surface area contributed by atoms with Crippen molar-refractivity contribution in [2.24, 2.45) is 0 Å². The molecule has 4 heteroatoms. The van der Waals surface area contributed by atoms with Gasteiger partial charge in [-0.05, 0) is 37.1 Å². The second kappa shape index (κ2) is 5.10. The number of aryl methyl sites for hydroxylation is 2. The van der Waals surface area contributed by atoms with Gasteiger partial charge in [-0.25, -0.2) is 0 Å². The molecule has 2 heterocycles. The first kappa shape index (κ1) is 11.8. The lowest BCUT2D eigenvalue weighted by molar-refractivity contribution is 0.178.